The van der Waals surface area contributed by atoms with E-state index < -0.39 is 12.1 Å². The second kappa shape index (κ2) is 11.1. The molecule has 1 atom stereocenters. The highest BCUT2D eigenvalue weighted by Gasteiger charge is 2.38. The molecule has 6 nitrogen and oxygen atoms in total. The summed E-state index contributed by atoms with van der Waals surface area (Å²) in [6.07, 6.45) is -0.639. The van der Waals surface area contributed by atoms with Gasteiger partial charge in [-0.3, -0.25) is 4.79 Å². The third kappa shape index (κ3) is 7.23. The van der Waals surface area contributed by atoms with Crippen LogP contribution in [-0.4, -0.2) is 45.6 Å². The Hall–Kier alpha value is -2.62. The number of piperidine rings is 1. The van der Waals surface area contributed by atoms with Crippen LogP contribution in [-0.2, 0) is 11.3 Å². The number of rotatable bonds is 5. The molecular formula is C21H26F3N3O3S. The minimum Gasteiger partial charge on any atom is -0.475 e. The lowest BCUT2D eigenvalue weighted by Crippen LogP contribution is -2.43. The molecule has 0 radical (unpaired) electrons. The lowest BCUT2D eigenvalue weighted by atomic mass is 9.99. The monoisotopic (exact) mass is 457 g/mol. The number of anilines is 1. The fourth-order valence-corrected chi connectivity index (χ4v) is 3.94. The maximum atomic E-state index is 13.1. The number of aromatic nitrogens is 1. The number of thiophene rings is 1. The number of carboxylic acids is 1. The quantitative estimate of drug-likeness (QED) is 0.653. The van der Waals surface area contributed by atoms with Crippen molar-refractivity contribution in [3.63, 3.8) is 0 Å². The number of likely N-dealkylation sites (tertiary alicyclic amines) is 1. The highest BCUT2D eigenvalue weighted by Crippen LogP contribution is 2.25. The number of nitrogens with zero attached hydrogens (tertiary/aromatic N) is 2. The molecule has 170 valence electrons. The molecule has 0 saturated carbocycles. The van der Waals surface area contributed by atoms with Gasteiger partial charge in [-0.05, 0) is 56.2 Å². The van der Waals surface area contributed by atoms with Gasteiger partial charge in [-0.25, -0.2) is 9.78 Å². The minimum atomic E-state index is -5.08. The van der Waals surface area contributed by atoms with E-state index in [1.54, 1.807) is 11.3 Å². The van der Waals surface area contributed by atoms with E-state index in [0.29, 0.717) is 24.0 Å². The predicted molar refractivity (Wildman–Crippen MR) is 113 cm³/mol. The van der Waals surface area contributed by atoms with Crippen molar-refractivity contribution in [1.82, 2.24) is 9.88 Å². The lowest BCUT2D eigenvalue weighted by molar-refractivity contribution is -0.192. The Bertz CT molecular complexity index is 872. The Labute approximate surface area is 183 Å². The zero-order valence-corrected chi connectivity index (χ0v) is 18.2. The number of alkyl halides is 3. The number of hydrogen-bond donors (Lipinski definition) is 2. The molecule has 3 rings (SSSR count). The van der Waals surface area contributed by atoms with Crippen LogP contribution in [0, 0.1) is 6.92 Å². The van der Waals surface area contributed by atoms with Gasteiger partial charge in [0.05, 0.1) is 12.1 Å². The van der Waals surface area contributed by atoms with Crippen molar-refractivity contribution in [3.05, 3.63) is 45.8 Å². The van der Waals surface area contributed by atoms with Crippen LogP contribution in [0.25, 0.3) is 0 Å². The Kier molecular flexibility index (Phi) is 8.85. The molecule has 1 amide bonds. The van der Waals surface area contributed by atoms with Gasteiger partial charge in [0, 0.05) is 23.2 Å². The number of carbonyl (C=O) groups excluding carboxylic acids is 1. The summed E-state index contributed by atoms with van der Waals surface area (Å²) in [5.41, 5.74) is 1.61. The highest BCUT2D eigenvalue weighted by molar-refractivity contribution is 7.09. The molecule has 1 saturated heterocycles. The Morgan fingerprint density at radius 3 is 2.58 bits per heavy atom. The molecule has 0 bridgehead atoms. The molecule has 1 aliphatic rings. The number of nitrogens with one attached hydrogen (secondary N) is 1. The van der Waals surface area contributed by atoms with E-state index in [4.69, 9.17) is 9.90 Å². The van der Waals surface area contributed by atoms with Crippen molar-refractivity contribution < 1.29 is 27.9 Å². The van der Waals surface area contributed by atoms with Gasteiger partial charge in [-0.15, -0.1) is 11.3 Å². The lowest BCUT2D eigenvalue weighted by Gasteiger charge is -2.35. The SMILES string of the molecule is CCC1CCCCN1C(=O)c1ccc(C)nc1NCc1cccs1.O=C(O)C(F)(F)F. The van der Waals surface area contributed by atoms with Crippen molar-refractivity contribution in [2.24, 2.45) is 0 Å². The minimum absolute atomic E-state index is 0.114. The van der Waals surface area contributed by atoms with Gasteiger partial charge in [-0.1, -0.05) is 13.0 Å². The highest BCUT2D eigenvalue weighted by atomic mass is 32.1. The van der Waals surface area contributed by atoms with Crippen LogP contribution >= 0.6 is 11.3 Å². The Morgan fingerprint density at radius 1 is 1.29 bits per heavy atom. The topological polar surface area (TPSA) is 82.5 Å². The zero-order chi connectivity index (χ0) is 23.0. The third-order valence-corrected chi connectivity index (χ3v) is 5.75. The molecular weight excluding hydrogens is 431 g/mol. The third-order valence-electron chi connectivity index (χ3n) is 4.88. The van der Waals surface area contributed by atoms with Crippen molar-refractivity contribution in [1.29, 1.82) is 0 Å². The molecule has 0 aromatic carbocycles. The predicted octanol–water partition coefficient (Wildman–Crippen LogP) is 5.10. The number of hydrogen-bond acceptors (Lipinski definition) is 5. The normalized spacial score (nSPS) is 16.3. The van der Waals surface area contributed by atoms with Gasteiger partial charge in [-0.2, -0.15) is 13.2 Å². The first-order valence-electron chi connectivity index (χ1n) is 9.98. The summed E-state index contributed by atoms with van der Waals surface area (Å²) in [6.45, 7) is 5.68. The summed E-state index contributed by atoms with van der Waals surface area (Å²) in [5, 5.41) is 12.5. The summed E-state index contributed by atoms with van der Waals surface area (Å²) in [7, 11) is 0. The fourth-order valence-electron chi connectivity index (χ4n) is 3.30. The van der Waals surface area contributed by atoms with Crippen molar-refractivity contribution >= 4 is 29.0 Å². The van der Waals surface area contributed by atoms with Gasteiger partial charge >= 0.3 is 12.1 Å². The molecule has 1 fully saturated rings. The van der Waals surface area contributed by atoms with Gasteiger partial charge in [0.2, 0.25) is 0 Å². The van der Waals surface area contributed by atoms with Gasteiger partial charge in [0.1, 0.15) is 5.82 Å². The van der Waals surface area contributed by atoms with E-state index in [0.717, 1.165) is 31.5 Å². The average Bonchev–Trinajstić information content (AvgIpc) is 3.25. The van der Waals surface area contributed by atoms with Crippen LogP contribution in [0.3, 0.4) is 0 Å². The van der Waals surface area contributed by atoms with Gasteiger partial charge < -0.3 is 15.3 Å². The van der Waals surface area contributed by atoms with Gasteiger partial charge in [0.25, 0.3) is 5.91 Å². The number of pyridine rings is 1. The van der Waals surface area contributed by atoms with Crippen LogP contribution in [0.2, 0.25) is 0 Å². The van der Waals surface area contributed by atoms with E-state index in [1.165, 1.54) is 11.3 Å². The second-order valence-corrected chi connectivity index (χ2v) is 8.17. The Balaban J connectivity index is 0.000000423. The maximum Gasteiger partial charge on any atom is 0.490 e. The summed E-state index contributed by atoms with van der Waals surface area (Å²) in [6, 6.07) is 8.33. The molecule has 0 spiro atoms. The van der Waals surface area contributed by atoms with E-state index in [2.05, 4.69) is 28.7 Å². The number of aryl methyl sites for hydroxylation is 1. The zero-order valence-electron chi connectivity index (χ0n) is 17.4. The standard InChI is InChI=1S/C19H25N3OS.C2HF3O2/c1-3-15-7-4-5-11-22(15)19(23)17-10-9-14(2)21-18(17)20-13-16-8-6-12-24-16;3-2(4,5)1(6)7/h6,8-10,12,15H,3-5,7,11,13H2,1-2H3,(H,20,21);(H,6,7). The molecule has 2 aromatic rings. The molecule has 10 heteroatoms. The molecule has 3 heterocycles. The van der Waals surface area contributed by atoms with Crippen molar-refractivity contribution in [2.45, 2.75) is 58.3 Å². The summed E-state index contributed by atoms with van der Waals surface area (Å²) >= 11 is 1.71. The summed E-state index contributed by atoms with van der Waals surface area (Å²) in [5.74, 6) is -1.94. The molecule has 2 aromatic heterocycles. The first-order valence-corrected chi connectivity index (χ1v) is 10.9. The van der Waals surface area contributed by atoms with Crippen LogP contribution in [0.15, 0.2) is 29.6 Å². The summed E-state index contributed by atoms with van der Waals surface area (Å²) in [4.78, 5) is 29.9. The Morgan fingerprint density at radius 2 is 2.00 bits per heavy atom. The second-order valence-electron chi connectivity index (χ2n) is 7.14. The molecule has 1 aliphatic heterocycles. The number of halogens is 3. The first-order chi connectivity index (χ1) is 14.6. The molecule has 2 N–H and O–H groups in total. The molecule has 1 unspecified atom stereocenters. The first kappa shape index (κ1) is 24.6. The van der Waals surface area contributed by atoms with Crippen molar-refractivity contribution in [3.8, 4) is 0 Å². The number of carbonyl (C=O) groups is 2. The van der Waals surface area contributed by atoms with Gasteiger partial charge in [0.15, 0.2) is 0 Å². The average molecular weight is 458 g/mol. The molecule has 0 aliphatic carbocycles. The van der Waals surface area contributed by atoms with Crippen molar-refractivity contribution in [2.75, 3.05) is 11.9 Å². The van der Waals surface area contributed by atoms with Crippen LogP contribution in [0.4, 0.5) is 19.0 Å². The smallest absolute Gasteiger partial charge is 0.475 e. The summed E-state index contributed by atoms with van der Waals surface area (Å²) < 4.78 is 31.7. The van der Waals surface area contributed by atoms with E-state index in [9.17, 15) is 18.0 Å². The number of amides is 1. The largest absolute Gasteiger partial charge is 0.490 e. The van der Waals surface area contributed by atoms with Crippen LogP contribution in [0.5, 0.6) is 0 Å². The number of carboxylic acid groups (broad SMARTS) is 1. The van der Waals surface area contributed by atoms with Crippen LogP contribution in [0.1, 0.15) is 53.5 Å². The number of aliphatic carboxylic acids is 1. The van der Waals surface area contributed by atoms with E-state index >= 15 is 0 Å². The molecule has 31 heavy (non-hydrogen) atoms. The van der Waals surface area contributed by atoms with Crippen LogP contribution < -0.4 is 5.32 Å². The van der Waals surface area contributed by atoms with E-state index in [-0.39, 0.29) is 5.91 Å². The van der Waals surface area contributed by atoms with E-state index in [1.807, 2.05) is 30.0 Å². The maximum absolute atomic E-state index is 13.1. The fraction of sp³-hybridized carbons (Fsp3) is 0.476.